The molecule has 0 saturated carbocycles. The second-order valence-corrected chi connectivity index (χ2v) is 9.12. The Balaban J connectivity index is 1.66. The van der Waals surface area contributed by atoms with E-state index in [1.165, 1.54) is 12.1 Å². The topological polar surface area (TPSA) is 75.7 Å². The van der Waals surface area contributed by atoms with Crippen LogP contribution in [0.25, 0.3) is 0 Å². The summed E-state index contributed by atoms with van der Waals surface area (Å²) in [6.07, 6.45) is 2.82. The van der Waals surface area contributed by atoms with E-state index in [1.54, 1.807) is 41.3 Å². The minimum absolute atomic E-state index is 0.0784. The number of amides is 1. The van der Waals surface area contributed by atoms with Gasteiger partial charge < -0.3 is 9.64 Å². The van der Waals surface area contributed by atoms with Crippen LogP contribution in [-0.2, 0) is 16.6 Å². The number of benzene rings is 2. The van der Waals surface area contributed by atoms with E-state index in [1.807, 2.05) is 0 Å². The fourth-order valence-electron chi connectivity index (χ4n) is 3.37. The standard InChI is InChI=1S/C21H25FN2O4S/c1-29(26,27)23-13-17-5-4-12-24(14-17)21(25)19-6-2-3-7-20(19)28-15-16-8-10-18(22)11-9-16/h2-3,6-11,17,23H,4-5,12-15H2,1H3. The van der Waals surface area contributed by atoms with Crippen LogP contribution < -0.4 is 9.46 Å². The van der Waals surface area contributed by atoms with Crippen LogP contribution in [0.3, 0.4) is 0 Å². The minimum atomic E-state index is -3.25. The molecule has 0 bridgehead atoms. The van der Waals surface area contributed by atoms with Crippen molar-refractivity contribution in [2.45, 2.75) is 19.4 Å². The SMILES string of the molecule is CS(=O)(=O)NCC1CCCN(C(=O)c2ccccc2OCc2ccc(F)cc2)C1. The quantitative estimate of drug-likeness (QED) is 0.747. The smallest absolute Gasteiger partial charge is 0.257 e. The Bertz CT molecular complexity index is 947. The van der Waals surface area contributed by atoms with E-state index in [9.17, 15) is 17.6 Å². The lowest BCUT2D eigenvalue weighted by Gasteiger charge is -2.33. The van der Waals surface area contributed by atoms with Gasteiger partial charge in [-0.1, -0.05) is 24.3 Å². The Labute approximate surface area is 170 Å². The molecule has 0 radical (unpaired) electrons. The average Bonchev–Trinajstić information content (AvgIpc) is 2.71. The number of carbonyl (C=O) groups is 1. The molecule has 1 amide bonds. The summed E-state index contributed by atoms with van der Waals surface area (Å²) in [4.78, 5) is 14.8. The van der Waals surface area contributed by atoms with E-state index in [0.717, 1.165) is 24.7 Å². The number of sulfonamides is 1. The van der Waals surface area contributed by atoms with Crippen molar-refractivity contribution in [2.24, 2.45) is 5.92 Å². The third kappa shape index (κ3) is 6.27. The first-order valence-electron chi connectivity index (χ1n) is 9.52. The van der Waals surface area contributed by atoms with Crippen molar-refractivity contribution >= 4 is 15.9 Å². The lowest BCUT2D eigenvalue weighted by Crippen LogP contribution is -2.43. The fraction of sp³-hybridized carbons (Fsp3) is 0.381. The summed E-state index contributed by atoms with van der Waals surface area (Å²) in [7, 11) is -3.25. The van der Waals surface area contributed by atoms with Crippen LogP contribution in [0.1, 0.15) is 28.8 Å². The van der Waals surface area contributed by atoms with Crippen LogP contribution in [0.2, 0.25) is 0 Å². The summed E-state index contributed by atoms with van der Waals surface area (Å²) in [5.41, 5.74) is 1.27. The fourth-order valence-corrected chi connectivity index (χ4v) is 3.91. The maximum Gasteiger partial charge on any atom is 0.257 e. The first kappa shape index (κ1) is 21.3. The van der Waals surface area contributed by atoms with Gasteiger partial charge in [-0.05, 0) is 48.6 Å². The number of nitrogens with zero attached hydrogens (tertiary/aromatic N) is 1. The van der Waals surface area contributed by atoms with Crippen molar-refractivity contribution in [3.63, 3.8) is 0 Å². The van der Waals surface area contributed by atoms with Crippen molar-refractivity contribution in [1.29, 1.82) is 0 Å². The van der Waals surface area contributed by atoms with Crippen molar-refractivity contribution in [1.82, 2.24) is 9.62 Å². The molecule has 1 atom stereocenters. The third-order valence-electron chi connectivity index (χ3n) is 4.87. The number of para-hydroxylation sites is 1. The number of rotatable bonds is 7. The molecule has 1 heterocycles. The molecule has 156 valence electrons. The number of hydrogen-bond acceptors (Lipinski definition) is 4. The highest BCUT2D eigenvalue weighted by atomic mass is 32.2. The predicted octanol–water partition coefficient (Wildman–Crippen LogP) is 2.81. The molecule has 2 aromatic carbocycles. The third-order valence-corrected chi connectivity index (χ3v) is 5.56. The molecule has 3 rings (SSSR count). The van der Waals surface area contributed by atoms with E-state index < -0.39 is 10.0 Å². The van der Waals surface area contributed by atoms with E-state index in [2.05, 4.69) is 4.72 Å². The number of piperidine rings is 1. The van der Waals surface area contributed by atoms with Crippen LogP contribution in [0.4, 0.5) is 4.39 Å². The van der Waals surface area contributed by atoms with Crippen molar-refractivity contribution in [2.75, 3.05) is 25.9 Å². The molecular weight excluding hydrogens is 395 g/mol. The Morgan fingerprint density at radius 2 is 1.93 bits per heavy atom. The predicted molar refractivity (Wildman–Crippen MR) is 109 cm³/mol. The number of likely N-dealkylation sites (tertiary alicyclic amines) is 1. The number of carbonyl (C=O) groups excluding carboxylic acids is 1. The molecular formula is C21H25FN2O4S. The molecule has 1 saturated heterocycles. The molecule has 8 heteroatoms. The second kappa shape index (κ2) is 9.37. The molecule has 0 aromatic heterocycles. The zero-order chi connectivity index (χ0) is 20.9. The molecule has 6 nitrogen and oxygen atoms in total. The van der Waals surface area contributed by atoms with Gasteiger partial charge in [0.1, 0.15) is 18.2 Å². The number of ether oxygens (including phenoxy) is 1. The first-order chi connectivity index (χ1) is 13.8. The molecule has 29 heavy (non-hydrogen) atoms. The van der Waals surface area contributed by atoms with Gasteiger partial charge in [-0.3, -0.25) is 4.79 Å². The number of halogens is 1. The van der Waals surface area contributed by atoms with Gasteiger partial charge in [-0.25, -0.2) is 17.5 Å². The van der Waals surface area contributed by atoms with Gasteiger partial charge in [0.25, 0.3) is 5.91 Å². The Kier molecular flexibility index (Phi) is 6.87. The van der Waals surface area contributed by atoms with Crippen molar-refractivity contribution in [3.8, 4) is 5.75 Å². The van der Waals surface area contributed by atoms with Crippen LogP contribution in [-0.4, -0.2) is 45.1 Å². The summed E-state index contributed by atoms with van der Waals surface area (Å²) >= 11 is 0. The monoisotopic (exact) mass is 420 g/mol. The van der Waals surface area contributed by atoms with Gasteiger partial charge in [0, 0.05) is 19.6 Å². The van der Waals surface area contributed by atoms with Gasteiger partial charge in [0.2, 0.25) is 10.0 Å². The van der Waals surface area contributed by atoms with Crippen molar-refractivity contribution < 1.29 is 22.3 Å². The van der Waals surface area contributed by atoms with E-state index in [-0.39, 0.29) is 24.2 Å². The summed E-state index contributed by atoms with van der Waals surface area (Å²) in [5.74, 6) is 0.103. The van der Waals surface area contributed by atoms with Gasteiger partial charge in [-0.15, -0.1) is 0 Å². The summed E-state index contributed by atoms with van der Waals surface area (Å²) in [5, 5.41) is 0. The molecule has 1 aliphatic heterocycles. The largest absolute Gasteiger partial charge is 0.488 e. The van der Waals surface area contributed by atoms with Gasteiger partial charge >= 0.3 is 0 Å². The molecule has 1 unspecified atom stereocenters. The van der Waals surface area contributed by atoms with E-state index >= 15 is 0 Å². The lowest BCUT2D eigenvalue weighted by molar-refractivity contribution is 0.0671. The normalized spacial score (nSPS) is 17.2. The molecule has 0 aliphatic carbocycles. The summed E-state index contributed by atoms with van der Waals surface area (Å²) < 4.78 is 44.1. The molecule has 1 fully saturated rings. The Hall–Kier alpha value is -2.45. The zero-order valence-corrected chi connectivity index (χ0v) is 17.1. The molecule has 1 N–H and O–H groups in total. The van der Waals surface area contributed by atoms with Crippen LogP contribution >= 0.6 is 0 Å². The zero-order valence-electron chi connectivity index (χ0n) is 16.3. The van der Waals surface area contributed by atoms with Crippen molar-refractivity contribution in [3.05, 3.63) is 65.5 Å². The van der Waals surface area contributed by atoms with Gasteiger partial charge in [0.05, 0.1) is 11.8 Å². The molecule has 0 spiro atoms. The van der Waals surface area contributed by atoms with E-state index in [0.29, 0.717) is 30.9 Å². The lowest BCUT2D eigenvalue weighted by atomic mass is 9.97. The minimum Gasteiger partial charge on any atom is -0.488 e. The van der Waals surface area contributed by atoms with Gasteiger partial charge in [-0.2, -0.15) is 0 Å². The maximum absolute atomic E-state index is 13.1. The first-order valence-corrected chi connectivity index (χ1v) is 11.4. The summed E-state index contributed by atoms with van der Waals surface area (Å²) in [6, 6.07) is 13.1. The number of hydrogen-bond donors (Lipinski definition) is 1. The Morgan fingerprint density at radius 3 is 2.66 bits per heavy atom. The highest BCUT2D eigenvalue weighted by Gasteiger charge is 2.26. The highest BCUT2D eigenvalue weighted by molar-refractivity contribution is 7.88. The maximum atomic E-state index is 13.1. The Morgan fingerprint density at radius 1 is 1.21 bits per heavy atom. The summed E-state index contributed by atoms with van der Waals surface area (Å²) in [6.45, 7) is 1.67. The second-order valence-electron chi connectivity index (χ2n) is 7.29. The number of nitrogens with one attached hydrogen (secondary N) is 1. The molecule has 2 aromatic rings. The average molecular weight is 421 g/mol. The molecule has 1 aliphatic rings. The van der Waals surface area contributed by atoms with Crippen LogP contribution in [0, 0.1) is 11.7 Å². The van der Waals surface area contributed by atoms with Crippen LogP contribution in [0.5, 0.6) is 5.75 Å². The van der Waals surface area contributed by atoms with E-state index in [4.69, 9.17) is 4.74 Å². The van der Waals surface area contributed by atoms with Gasteiger partial charge in [0.15, 0.2) is 0 Å². The highest BCUT2D eigenvalue weighted by Crippen LogP contribution is 2.24. The van der Waals surface area contributed by atoms with Crippen LogP contribution in [0.15, 0.2) is 48.5 Å².